The Hall–Kier alpha value is -7.24. The number of rotatable bonds is 10. The highest BCUT2D eigenvalue weighted by Crippen LogP contribution is 2.43. The summed E-state index contributed by atoms with van der Waals surface area (Å²) >= 11 is 0. The predicted octanol–water partition coefficient (Wildman–Crippen LogP) is 4.42. The Morgan fingerprint density at radius 1 is 0.710 bits per heavy atom. The van der Waals surface area contributed by atoms with Gasteiger partial charge in [0.15, 0.2) is 11.3 Å². The SMILES string of the molecule is CC1(C)Cc2cc(NC(=O)c3cnn4cccnc34)c(OC[C@@H]3CNC(=O)C3)cc2O1.CC1(C)Cc2cc(NC(=O)c3cnn4cccnc34)c(OC[C@H]3CNC(=O)C3)cc2O1. The smallest absolute Gasteiger partial charge is 0.261 e. The van der Waals surface area contributed by atoms with Gasteiger partial charge in [0.25, 0.3) is 11.8 Å². The van der Waals surface area contributed by atoms with Crippen molar-refractivity contribution in [2.75, 3.05) is 36.9 Å². The van der Waals surface area contributed by atoms with E-state index in [1.165, 1.54) is 12.4 Å². The maximum atomic E-state index is 13.0. The third-order valence-corrected chi connectivity index (χ3v) is 10.9. The van der Waals surface area contributed by atoms with Gasteiger partial charge in [0.1, 0.15) is 45.3 Å². The van der Waals surface area contributed by atoms with Gasteiger partial charge in [-0.05, 0) is 52.0 Å². The number of anilines is 2. The summed E-state index contributed by atoms with van der Waals surface area (Å²) in [6.07, 6.45) is 12.0. The molecule has 0 spiro atoms. The molecule has 320 valence electrons. The number of carbonyl (C=O) groups excluding carboxylic acids is 4. The van der Waals surface area contributed by atoms with Crippen molar-refractivity contribution in [1.82, 2.24) is 39.8 Å². The molecule has 4 N–H and O–H groups in total. The summed E-state index contributed by atoms with van der Waals surface area (Å²) in [7, 11) is 0. The van der Waals surface area contributed by atoms with E-state index in [9.17, 15) is 19.2 Å². The first kappa shape index (κ1) is 40.2. The molecule has 6 aromatic rings. The molecule has 4 amide bonds. The number of nitrogens with zero attached hydrogens (tertiary/aromatic N) is 6. The van der Waals surface area contributed by atoms with Gasteiger partial charge in [-0.1, -0.05) is 0 Å². The molecule has 2 fully saturated rings. The number of hydrogen-bond donors (Lipinski definition) is 4. The molecule has 62 heavy (non-hydrogen) atoms. The minimum atomic E-state index is -0.325. The second kappa shape index (κ2) is 16.0. The number of aromatic nitrogens is 6. The van der Waals surface area contributed by atoms with Gasteiger partial charge < -0.3 is 40.2 Å². The van der Waals surface area contributed by atoms with E-state index in [1.807, 2.05) is 52.0 Å². The summed E-state index contributed by atoms with van der Waals surface area (Å²) < 4.78 is 27.3. The maximum Gasteiger partial charge on any atom is 0.261 e. The first-order valence-electron chi connectivity index (χ1n) is 20.5. The summed E-state index contributed by atoms with van der Waals surface area (Å²) in [4.78, 5) is 57.5. The molecule has 0 saturated carbocycles. The van der Waals surface area contributed by atoms with Crippen LogP contribution in [0.3, 0.4) is 0 Å². The molecule has 2 aromatic carbocycles. The highest BCUT2D eigenvalue weighted by Gasteiger charge is 2.34. The van der Waals surface area contributed by atoms with Gasteiger partial charge in [-0.25, -0.2) is 19.0 Å². The lowest BCUT2D eigenvalue weighted by Crippen LogP contribution is -2.24. The van der Waals surface area contributed by atoms with E-state index < -0.39 is 0 Å². The van der Waals surface area contributed by atoms with Gasteiger partial charge >= 0.3 is 0 Å². The van der Waals surface area contributed by atoms with E-state index in [2.05, 4.69) is 41.4 Å². The van der Waals surface area contributed by atoms with Crippen LogP contribution in [0.1, 0.15) is 72.4 Å². The van der Waals surface area contributed by atoms with E-state index >= 15 is 0 Å². The van der Waals surface area contributed by atoms with Crippen molar-refractivity contribution in [2.24, 2.45) is 11.8 Å². The molecule has 4 aliphatic heterocycles. The van der Waals surface area contributed by atoms with Crippen LogP contribution in [0.25, 0.3) is 11.3 Å². The summed E-state index contributed by atoms with van der Waals surface area (Å²) in [5, 5.41) is 19.9. The Bertz CT molecular complexity index is 2560. The van der Waals surface area contributed by atoms with Crippen LogP contribution in [-0.2, 0) is 22.4 Å². The molecule has 0 radical (unpaired) electrons. The Kier molecular flexibility index (Phi) is 10.4. The van der Waals surface area contributed by atoms with Gasteiger partial charge in [0.2, 0.25) is 11.8 Å². The molecule has 0 aliphatic carbocycles. The fraction of sp³-hybridized carbons (Fsp3) is 0.364. The summed E-state index contributed by atoms with van der Waals surface area (Å²) in [6.45, 7) is 9.98. The summed E-state index contributed by atoms with van der Waals surface area (Å²) in [5.41, 5.74) is 4.16. The lowest BCUT2D eigenvalue weighted by Gasteiger charge is -2.18. The zero-order chi connectivity index (χ0) is 43.2. The lowest BCUT2D eigenvalue weighted by molar-refractivity contribution is -0.120. The van der Waals surface area contributed by atoms with Crippen molar-refractivity contribution < 1.29 is 38.1 Å². The third-order valence-electron chi connectivity index (χ3n) is 10.9. The topological polar surface area (TPSA) is 214 Å². The van der Waals surface area contributed by atoms with E-state index in [0.29, 0.717) is 84.4 Å². The standard InChI is InChI=1S/2C22H23N5O4/c2*1-22(2)9-14-7-16(26-21(29)15-11-25-27-5-3-4-23-20(15)27)18(8-17(14)31-22)30-12-13-6-19(28)24-10-13/h2*3-5,7-8,11,13H,6,9-10,12H2,1-2H3,(H,24,28)(H,26,29)/t2*13-/m10/s1. The Morgan fingerprint density at radius 2 is 1.15 bits per heavy atom. The van der Waals surface area contributed by atoms with E-state index in [1.54, 1.807) is 46.0 Å². The molecule has 4 aromatic heterocycles. The number of ether oxygens (including phenoxy) is 4. The van der Waals surface area contributed by atoms with Crippen LogP contribution in [0, 0.1) is 11.8 Å². The molecule has 4 aliphatic rings. The molecular weight excluding hydrogens is 797 g/mol. The maximum absolute atomic E-state index is 13.0. The molecule has 0 bridgehead atoms. The summed E-state index contributed by atoms with van der Waals surface area (Å²) in [5.74, 6) is 2.10. The molecule has 2 saturated heterocycles. The fourth-order valence-corrected chi connectivity index (χ4v) is 8.03. The predicted molar refractivity (Wildman–Crippen MR) is 225 cm³/mol. The molecule has 0 unspecified atom stereocenters. The number of fused-ring (bicyclic) bond motifs is 4. The highest BCUT2D eigenvalue weighted by molar-refractivity contribution is 6.09. The van der Waals surface area contributed by atoms with Gasteiger partial charge in [-0.3, -0.25) is 19.2 Å². The zero-order valence-corrected chi connectivity index (χ0v) is 34.7. The van der Waals surface area contributed by atoms with Crippen molar-refractivity contribution in [1.29, 1.82) is 0 Å². The number of benzene rings is 2. The van der Waals surface area contributed by atoms with Gasteiger partial charge in [-0.15, -0.1) is 0 Å². The average Bonchev–Trinajstić information content (AvgIpc) is 4.09. The van der Waals surface area contributed by atoms with Crippen molar-refractivity contribution in [2.45, 2.75) is 64.6 Å². The van der Waals surface area contributed by atoms with Crippen LogP contribution in [0.5, 0.6) is 23.0 Å². The first-order valence-corrected chi connectivity index (χ1v) is 20.5. The number of hydrogen-bond acceptors (Lipinski definition) is 12. The van der Waals surface area contributed by atoms with Crippen molar-refractivity contribution >= 4 is 46.3 Å². The third kappa shape index (κ3) is 8.53. The van der Waals surface area contributed by atoms with Gasteiger partial charge in [0, 0.05) is 98.7 Å². The fourth-order valence-electron chi connectivity index (χ4n) is 8.03. The normalized spacial score (nSPS) is 19.0. The lowest BCUT2D eigenvalue weighted by atomic mass is 10.0. The average molecular weight is 843 g/mol. The van der Waals surface area contributed by atoms with Crippen LogP contribution in [0.2, 0.25) is 0 Å². The van der Waals surface area contributed by atoms with Gasteiger partial charge in [0.05, 0.1) is 37.0 Å². The Balaban J connectivity index is 0.000000158. The molecule has 8 heterocycles. The first-order chi connectivity index (χ1) is 29.8. The molecule has 18 nitrogen and oxygen atoms in total. The van der Waals surface area contributed by atoms with Crippen LogP contribution in [-0.4, -0.2) is 90.3 Å². The molecule has 18 heteroatoms. The van der Waals surface area contributed by atoms with Crippen molar-refractivity contribution in [3.63, 3.8) is 0 Å². The monoisotopic (exact) mass is 842 g/mol. The Labute approximate surface area is 355 Å². The van der Waals surface area contributed by atoms with Crippen LogP contribution < -0.4 is 40.2 Å². The number of carbonyl (C=O) groups is 4. The summed E-state index contributed by atoms with van der Waals surface area (Å²) in [6, 6.07) is 10.9. The van der Waals surface area contributed by atoms with E-state index in [-0.39, 0.29) is 46.7 Å². The molecular formula is C44H46N10O8. The highest BCUT2D eigenvalue weighted by atomic mass is 16.5. The minimum absolute atomic E-state index is 0.0294. The minimum Gasteiger partial charge on any atom is -0.491 e. The van der Waals surface area contributed by atoms with Crippen LogP contribution in [0.15, 0.2) is 73.6 Å². The van der Waals surface area contributed by atoms with Crippen LogP contribution >= 0.6 is 0 Å². The quantitative estimate of drug-likeness (QED) is 0.151. The molecule has 10 rings (SSSR count). The zero-order valence-electron chi connectivity index (χ0n) is 34.7. The number of amides is 4. The van der Waals surface area contributed by atoms with Crippen molar-refractivity contribution in [3.8, 4) is 23.0 Å². The number of nitrogens with one attached hydrogen (secondary N) is 4. The second-order valence-electron chi connectivity index (χ2n) is 17.2. The van der Waals surface area contributed by atoms with Gasteiger partial charge in [-0.2, -0.15) is 10.2 Å². The van der Waals surface area contributed by atoms with Crippen molar-refractivity contribution in [3.05, 3.63) is 95.8 Å². The van der Waals surface area contributed by atoms with E-state index in [4.69, 9.17) is 18.9 Å². The van der Waals surface area contributed by atoms with Crippen LogP contribution in [0.4, 0.5) is 11.4 Å². The largest absolute Gasteiger partial charge is 0.491 e. The molecule has 2 atom stereocenters. The second-order valence-corrected chi connectivity index (χ2v) is 17.2. The Morgan fingerprint density at radius 3 is 1.55 bits per heavy atom. The van der Waals surface area contributed by atoms with E-state index in [0.717, 1.165) is 35.5 Å².